The van der Waals surface area contributed by atoms with Crippen molar-refractivity contribution >= 4 is 6.09 Å². The third-order valence-electron chi connectivity index (χ3n) is 2.96. The molecule has 0 aromatic heterocycles. The van der Waals surface area contributed by atoms with Crippen molar-refractivity contribution in [1.82, 2.24) is 10.2 Å². The van der Waals surface area contributed by atoms with Gasteiger partial charge in [-0.15, -0.1) is 4.91 Å². The fraction of sp³-hybridized carbons (Fsp3) is 0.929. The van der Waals surface area contributed by atoms with Gasteiger partial charge in [0.05, 0.1) is 6.61 Å². The Morgan fingerprint density at radius 1 is 1.29 bits per heavy atom. The zero-order valence-corrected chi connectivity index (χ0v) is 13.6. The van der Waals surface area contributed by atoms with Crippen LogP contribution in [0.15, 0.2) is 5.18 Å². The molecule has 1 amide bonds. The zero-order valence-electron chi connectivity index (χ0n) is 13.6. The summed E-state index contributed by atoms with van der Waals surface area (Å²) < 4.78 is 10.6. The summed E-state index contributed by atoms with van der Waals surface area (Å²) in [5, 5.41) is 6.22. The van der Waals surface area contributed by atoms with Crippen LogP contribution in [0, 0.1) is 4.91 Å². The van der Waals surface area contributed by atoms with Crippen molar-refractivity contribution in [2.45, 2.75) is 58.4 Å². The molecule has 0 saturated carbocycles. The first-order valence-electron chi connectivity index (χ1n) is 7.33. The molecule has 0 aromatic carbocycles. The lowest BCUT2D eigenvalue weighted by molar-refractivity contribution is -0.0144. The number of nitrogens with zero attached hydrogens (tertiary/aromatic N) is 2. The summed E-state index contributed by atoms with van der Waals surface area (Å²) in [5.74, 6) is 0. The van der Waals surface area contributed by atoms with Crippen molar-refractivity contribution in [3.05, 3.63) is 4.91 Å². The van der Waals surface area contributed by atoms with E-state index in [9.17, 15) is 9.70 Å². The van der Waals surface area contributed by atoms with E-state index in [0.717, 1.165) is 13.0 Å². The van der Waals surface area contributed by atoms with Gasteiger partial charge >= 0.3 is 6.09 Å². The number of carbonyl (C=O) groups is 1. The molecule has 0 radical (unpaired) electrons. The molecule has 0 unspecified atom stereocenters. The first-order valence-corrected chi connectivity index (χ1v) is 7.33. The first kappa shape index (κ1) is 17.8. The van der Waals surface area contributed by atoms with E-state index in [1.54, 1.807) is 18.7 Å². The smallest absolute Gasteiger partial charge is 0.410 e. The average molecular weight is 301 g/mol. The van der Waals surface area contributed by atoms with Crippen LogP contribution in [0.1, 0.15) is 41.0 Å². The van der Waals surface area contributed by atoms with Crippen molar-refractivity contribution in [3.8, 4) is 0 Å². The van der Waals surface area contributed by atoms with Crippen LogP contribution in [-0.4, -0.2) is 54.6 Å². The number of likely N-dealkylation sites (tertiary alicyclic amines) is 1. The van der Waals surface area contributed by atoms with E-state index in [2.05, 4.69) is 10.5 Å². The maximum Gasteiger partial charge on any atom is 0.410 e. The summed E-state index contributed by atoms with van der Waals surface area (Å²) in [4.78, 5) is 23.8. The first-order chi connectivity index (χ1) is 9.63. The minimum Gasteiger partial charge on any atom is -0.444 e. The van der Waals surface area contributed by atoms with Crippen molar-refractivity contribution < 1.29 is 14.3 Å². The summed E-state index contributed by atoms with van der Waals surface area (Å²) >= 11 is 0. The number of carbonyl (C=O) groups excluding carboxylic acids is 1. The molecule has 7 heteroatoms. The Bertz CT molecular complexity index is 360. The number of amides is 1. The molecule has 0 atom stereocenters. The Balaban J connectivity index is 2.06. The molecule has 21 heavy (non-hydrogen) atoms. The van der Waals surface area contributed by atoms with Crippen LogP contribution >= 0.6 is 0 Å². The summed E-state index contributed by atoms with van der Waals surface area (Å²) in [6.07, 6.45) is 0.532. The number of ether oxygens (including phenoxy) is 2. The highest BCUT2D eigenvalue weighted by molar-refractivity contribution is 5.69. The molecule has 1 aliphatic rings. The minimum atomic E-state index is -0.954. The maximum atomic E-state index is 11.7. The normalized spacial score (nSPS) is 16.5. The summed E-state index contributed by atoms with van der Waals surface area (Å²) in [7, 11) is 0. The van der Waals surface area contributed by atoms with Gasteiger partial charge in [-0.2, -0.15) is 0 Å². The van der Waals surface area contributed by atoms with Gasteiger partial charge in [0, 0.05) is 19.1 Å². The average Bonchev–Trinajstić information content (AvgIpc) is 2.28. The molecule has 0 bridgehead atoms. The molecule has 1 heterocycles. The van der Waals surface area contributed by atoms with Crippen molar-refractivity contribution in [3.63, 3.8) is 0 Å². The maximum absolute atomic E-state index is 11.7. The van der Waals surface area contributed by atoms with Gasteiger partial charge in [-0.25, -0.2) is 4.79 Å². The van der Waals surface area contributed by atoms with Crippen LogP contribution in [0.3, 0.4) is 0 Å². The fourth-order valence-electron chi connectivity index (χ4n) is 1.81. The molecular weight excluding hydrogens is 274 g/mol. The quantitative estimate of drug-likeness (QED) is 0.575. The lowest BCUT2D eigenvalue weighted by Crippen LogP contribution is -2.60. The molecular formula is C14H27N3O4. The lowest BCUT2D eigenvalue weighted by Gasteiger charge is -2.40. The highest BCUT2D eigenvalue weighted by Crippen LogP contribution is 2.15. The summed E-state index contributed by atoms with van der Waals surface area (Å²) in [6.45, 7) is 11.4. The van der Waals surface area contributed by atoms with E-state index in [0.29, 0.717) is 25.7 Å². The van der Waals surface area contributed by atoms with Gasteiger partial charge in [0.25, 0.3) is 0 Å². The van der Waals surface area contributed by atoms with Gasteiger partial charge in [0.15, 0.2) is 5.72 Å². The highest BCUT2D eigenvalue weighted by atomic mass is 16.6. The second kappa shape index (κ2) is 7.17. The Kier molecular flexibility index (Phi) is 6.10. The van der Waals surface area contributed by atoms with Crippen LogP contribution in [0.25, 0.3) is 0 Å². The largest absolute Gasteiger partial charge is 0.444 e. The predicted octanol–water partition coefficient (Wildman–Crippen LogP) is 2.10. The molecule has 122 valence electrons. The van der Waals surface area contributed by atoms with Crippen LogP contribution in [0.2, 0.25) is 0 Å². The van der Waals surface area contributed by atoms with Crippen LogP contribution < -0.4 is 5.32 Å². The second-order valence-corrected chi connectivity index (χ2v) is 6.78. The minimum absolute atomic E-state index is 0.261. The Labute approximate surface area is 126 Å². The Hall–Kier alpha value is -1.21. The van der Waals surface area contributed by atoms with Gasteiger partial charge in [-0.05, 0) is 52.8 Å². The van der Waals surface area contributed by atoms with Gasteiger partial charge < -0.3 is 19.7 Å². The van der Waals surface area contributed by atoms with Crippen LogP contribution in [0.4, 0.5) is 4.79 Å². The highest BCUT2D eigenvalue weighted by Gasteiger charge is 2.33. The summed E-state index contributed by atoms with van der Waals surface area (Å²) in [5.41, 5.74) is -1.41. The number of nitrogens with one attached hydrogen (secondary N) is 1. The van der Waals surface area contributed by atoms with Gasteiger partial charge in [0.2, 0.25) is 0 Å². The molecule has 1 saturated heterocycles. The van der Waals surface area contributed by atoms with Crippen molar-refractivity contribution in [2.75, 3.05) is 26.2 Å². The Morgan fingerprint density at radius 2 is 1.90 bits per heavy atom. The molecule has 1 fully saturated rings. The Morgan fingerprint density at radius 3 is 2.43 bits per heavy atom. The third-order valence-corrected chi connectivity index (χ3v) is 2.96. The molecule has 1 N–H and O–H groups in total. The predicted molar refractivity (Wildman–Crippen MR) is 80.0 cm³/mol. The van der Waals surface area contributed by atoms with Crippen molar-refractivity contribution in [1.29, 1.82) is 0 Å². The van der Waals surface area contributed by atoms with Crippen LogP contribution in [-0.2, 0) is 9.47 Å². The van der Waals surface area contributed by atoms with E-state index in [4.69, 9.17) is 9.47 Å². The fourth-order valence-corrected chi connectivity index (χ4v) is 1.81. The van der Waals surface area contributed by atoms with Gasteiger partial charge in [-0.1, -0.05) is 0 Å². The monoisotopic (exact) mass is 301 g/mol. The zero-order chi connectivity index (χ0) is 16.1. The topological polar surface area (TPSA) is 80.2 Å². The number of rotatable bonds is 7. The molecule has 1 aliphatic heterocycles. The number of nitroso groups, excluding NO2 is 1. The lowest BCUT2D eigenvalue weighted by atomic mass is 10.1. The molecule has 0 aromatic rings. The van der Waals surface area contributed by atoms with Gasteiger partial charge in [-0.3, -0.25) is 0 Å². The molecule has 1 rings (SSSR count). The van der Waals surface area contributed by atoms with Gasteiger partial charge in [0.1, 0.15) is 5.60 Å². The van der Waals surface area contributed by atoms with Crippen LogP contribution in [0.5, 0.6) is 0 Å². The van der Waals surface area contributed by atoms with E-state index in [1.807, 2.05) is 20.8 Å². The number of hydrogen-bond donors (Lipinski definition) is 1. The van der Waals surface area contributed by atoms with E-state index >= 15 is 0 Å². The third kappa shape index (κ3) is 6.86. The van der Waals surface area contributed by atoms with E-state index in [-0.39, 0.29) is 6.09 Å². The van der Waals surface area contributed by atoms with E-state index < -0.39 is 11.3 Å². The SMILES string of the molecule is CC(C)(C)OC(=O)N1CC(NCCCOC(C)(C)N=O)C1. The molecule has 7 nitrogen and oxygen atoms in total. The number of hydrogen-bond acceptors (Lipinski definition) is 6. The molecule has 0 aliphatic carbocycles. The van der Waals surface area contributed by atoms with E-state index in [1.165, 1.54) is 0 Å². The van der Waals surface area contributed by atoms with Crippen molar-refractivity contribution in [2.24, 2.45) is 5.18 Å². The second-order valence-electron chi connectivity index (χ2n) is 6.78. The molecule has 0 spiro atoms. The standard InChI is InChI=1S/C14H27N3O4/c1-13(2,3)21-12(18)17-9-11(10-17)15-7-6-8-20-14(4,5)16-19/h11,15H,6-10H2,1-5H3. The summed E-state index contributed by atoms with van der Waals surface area (Å²) in [6, 6.07) is 0.301.